The third kappa shape index (κ3) is 9.93. The zero-order valence-corrected chi connectivity index (χ0v) is 46.8. The van der Waals surface area contributed by atoms with Gasteiger partial charge in [0.05, 0.1) is 30.4 Å². The molecule has 5 nitrogen and oxygen atoms in total. The maximum absolute atomic E-state index is 10.2. The van der Waals surface area contributed by atoms with Crippen LogP contribution in [0.3, 0.4) is 0 Å². The molecule has 0 aliphatic carbocycles. The number of ether oxygens (including phenoxy) is 1. The Morgan fingerprint density at radius 1 is 0.551 bits per heavy atom. The molecular formula is C72H62N4OPt-2. The van der Waals surface area contributed by atoms with Crippen LogP contribution in [0.15, 0.2) is 218 Å². The van der Waals surface area contributed by atoms with Crippen molar-refractivity contribution in [3.63, 3.8) is 0 Å². The first-order chi connectivity index (χ1) is 42.1. The van der Waals surface area contributed by atoms with Gasteiger partial charge in [-0.2, -0.15) is 18.2 Å². The minimum absolute atomic E-state index is 0. The van der Waals surface area contributed by atoms with E-state index in [1.165, 1.54) is 0 Å². The summed E-state index contributed by atoms with van der Waals surface area (Å²) in [7, 11) is 0. The molecular weight excluding hydrogens is 1130 g/mol. The molecule has 0 aliphatic rings. The summed E-state index contributed by atoms with van der Waals surface area (Å²) in [6.45, 7) is 16.9. The van der Waals surface area contributed by atoms with E-state index in [0.29, 0.717) is 50.7 Å². The molecule has 0 N–H and O–H groups in total. The second kappa shape index (κ2) is 20.7. The van der Waals surface area contributed by atoms with Crippen LogP contribution < -0.4 is 9.30 Å². The van der Waals surface area contributed by atoms with Crippen LogP contribution in [0.5, 0.6) is 11.5 Å². The number of para-hydroxylation sites is 3. The van der Waals surface area contributed by atoms with Crippen molar-refractivity contribution >= 4 is 32.8 Å². The van der Waals surface area contributed by atoms with Crippen LogP contribution in [-0.2, 0) is 43.7 Å². The summed E-state index contributed by atoms with van der Waals surface area (Å²) in [5, 5.41) is 1.83. The van der Waals surface area contributed by atoms with Gasteiger partial charge in [0.15, 0.2) is 0 Å². The Morgan fingerprint density at radius 3 is 1.86 bits per heavy atom. The fourth-order valence-electron chi connectivity index (χ4n) is 10.1. The smallest absolute Gasteiger partial charge is 0.268 e. The summed E-state index contributed by atoms with van der Waals surface area (Å²) in [6.07, 6.45) is 3.27. The van der Waals surface area contributed by atoms with Crippen LogP contribution in [0.4, 0.5) is 0 Å². The van der Waals surface area contributed by atoms with Gasteiger partial charge < -0.3 is 13.9 Å². The van der Waals surface area contributed by atoms with Crippen molar-refractivity contribution in [2.75, 3.05) is 0 Å². The number of benzene rings is 9. The van der Waals surface area contributed by atoms with Gasteiger partial charge in [-0.25, -0.2) is 4.98 Å². The minimum atomic E-state index is -1.94. The summed E-state index contributed by atoms with van der Waals surface area (Å²) >= 11 is 0. The Labute approximate surface area is 490 Å². The Balaban J connectivity index is 0.00000833. The van der Waals surface area contributed by atoms with E-state index in [9.17, 15) is 2.74 Å². The molecule has 0 radical (unpaired) electrons. The van der Waals surface area contributed by atoms with E-state index in [1.54, 1.807) is 63.9 Å². The minimum Gasteiger partial charge on any atom is -0.510 e. The molecule has 0 saturated carbocycles. The molecule has 6 heteroatoms. The predicted molar refractivity (Wildman–Crippen MR) is 317 cm³/mol. The van der Waals surface area contributed by atoms with E-state index < -0.39 is 72.2 Å². The topological polar surface area (TPSA) is 35.9 Å². The van der Waals surface area contributed by atoms with Crippen LogP contribution in [0.25, 0.3) is 83.4 Å². The second-order valence-electron chi connectivity index (χ2n) is 21.9. The van der Waals surface area contributed by atoms with Gasteiger partial charge in [0.25, 0.3) is 6.33 Å². The molecule has 388 valence electrons. The summed E-state index contributed by atoms with van der Waals surface area (Å²) < 4.78 is 120. The van der Waals surface area contributed by atoms with Gasteiger partial charge >= 0.3 is 0 Å². The number of pyridine rings is 1. The molecule has 78 heavy (non-hydrogen) atoms. The number of imidazole rings is 1. The first-order valence-corrected chi connectivity index (χ1v) is 25.7. The molecule has 12 aromatic rings. The van der Waals surface area contributed by atoms with Crippen molar-refractivity contribution in [3.8, 4) is 62.1 Å². The predicted octanol–water partition coefficient (Wildman–Crippen LogP) is 17.7. The maximum Gasteiger partial charge on any atom is 0.268 e. The monoisotopic (exact) mass is 1210 g/mol. The number of rotatable bonds is 11. The van der Waals surface area contributed by atoms with E-state index in [-0.39, 0.29) is 59.8 Å². The summed E-state index contributed by atoms with van der Waals surface area (Å²) in [4.78, 5) is 5.20. The SMILES string of the molecule is [2H]c1c([2H])c([2H])c(-c2cccc(-c3c([2H])c([2H])c([2H])c([2H])c3[2H])c2-[n+]2[c-]n(-c3[c-]c(Oc4[c-]c5c(cc4)c4cc(C(C)(C)C)ccc4n5-c4cc(C([2H])([2H])C(C)(C)c5ccccc5)c(-c5ccc(C(C)(C)C)cc5)cn4)ccc3)c3ccccc32)c([2H])c1[2H].[Pt]. The van der Waals surface area contributed by atoms with Gasteiger partial charge in [-0.15, -0.1) is 29.7 Å². The quantitative estimate of drug-likeness (QED) is 0.0956. The van der Waals surface area contributed by atoms with E-state index in [0.717, 1.165) is 38.5 Å². The van der Waals surface area contributed by atoms with Gasteiger partial charge in [0, 0.05) is 52.6 Å². The van der Waals surface area contributed by atoms with Crippen LogP contribution in [0.2, 0.25) is 0 Å². The number of nitrogens with zero attached hydrogens (tertiary/aromatic N) is 4. The third-order valence-electron chi connectivity index (χ3n) is 14.2. The van der Waals surface area contributed by atoms with Crippen molar-refractivity contribution in [3.05, 3.63) is 259 Å². The number of hydrogen-bond donors (Lipinski definition) is 0. The van der Waals surface area contributed by atoms with E-state index in [1.807, 2.05) is 79.1 Å². The first-order valence-electron chi connectivity index (χ1n) is 31.7. The zero-order valence-electron chi connectivity index (χ0n) is 56.5. The average Bonchev–Trinajstić information content (AvgIpc) is 1.37. The van der Waals surface area contributed by atoms with Crippen LogP contribution in [0.1, 0.15) is 94.1 Å². The number of fused-ring (bicyclic) bond motifs is 4. The first kappa shape index (κ1) is 39.3. The van der Waals surface area contributed by atoms with Crippen molar-refractivity contribution in [2.24, 2.45) is 0 Å². The molecule has 0 aliphatic heterocycles. The van der Waals surface area contributed by atoms with Crippen LogP contribution in [0, 0.1) is 18.5 Å². The Morgan fingerprint density at radius 2 is 1.18 bits per heavy atom. The molecule has 0 fully saturated rings. The zero-order chi connectivity index (χ0) is 63.6. The van der Waals surface area contributed by atoms with Crippen molar-refractivity contribution in [2.45, 2.75) is 78.0 Å². The molecule has 0 unspecified atom stereocenters. The molecule has 0 spiro atoms. The van der Waals surface area contributed by atoms with Gasteiger partial charge in [0.1, 0.15) is 5.82 Å². The van der Waals surface area contributed by atoms with Gasteiger partial charge in [0.2, 0.25) is 0 Å². The maximum atomic E-state index is 10.2. The van der Waals surface area contributed by atoms with E-state index >= 15 is 0 Å². The molecule has 0 amide bonds. The number of aromatic nitrogens is 4. The van der Waals surface area contributed by atoms with Crippen LogP contribution in [-0.4, -0.2) is 14.1 Å². The molecule has 12 rings (SSSR count). The molecule has 0 bridgehead atoms. The molecule has 0 atom stereocenters. The van der Waals surface area contributed by atoms with Gasteiger partial charge in [-0.05, 0) is 95.9 Å². The summed E-state index contributed by atoms with van der Waals surface area (Å²) in [6, 6.07) is 49.1. The summed E-state index contributed by atoms with van der Waals surface area (Å²) in [5.41, 5.74) is 6.89. The standard InChI is InChI=1S/C72H62N4O.Pt/c1-70(2,3)53-36-34-51(35-37-53)63-47-73-68(42-52(63)46-72(7,8)54-26-16-11-17-27-54)76-64-41-38-55(71(4,5)6)43-62(64)61-40-39-58(45-67(61)76)77-57-29-20-28-56(44-57)74-48-75(66-33-19-18-32-65(66)74)69-59(49-22-12-9-13-23-49)30-21-31-60(69)50-24-14-10-15-25-50;/h9-43,47H,46H2,1-8H3;/q-2;/i9D,10D,12D,13D,14D,15D,22D,23D,24D,25D,46D2;. The molecule has 3 aromatic heterocycles. The Kier molecular flexibility index (Phi) is 10.4. The largest absolute Gasteiger partial charge is 0.510 e. The van der Waals surface area contributed by atoms with Crippen molar-refractivity contribution < 1.29 is 46.8 Å². The summed E-state index contributed by atoms with van der Waals surface area (Å²) in [5.74, 6) is 1.13. The second-order valence-corrected chi connectivity index (χ2v) is 21.9. The molecule has 0 saturated heterocycles. The molecule has 3 heterocycles. The van der Waals surface area contributed by atoms with Crippen molar-refractivity contribution in [1.29, 1.82) is 0 Å². The fourth-order valence-corrected chi connectivity index (χ4v) is 10.1. The van der Waals surface area contributed by atoms with E-state index in [2.05, 4.69) is 102 Å². The third-order valence-corrected chi connectivity index (χ3v) is 14.2. The number of hydrogen-bond acceptors (Lipinski definition) is 2. The average molecular weight is 1210 g/mol. The van der Waals surface area contributed by atoms with Crippen molar-refractivity contribution in [1.82, 2.24) is 14.1 Å². The normalized spacial score (nSPS) is 14.4. The van der Waals surface area contributed by atoms with Gasteiger partial charge in [-0.3, -0.25) is 4.57 Å². The molecule has 9 aromatic carbocycles. The fraction of sp³-hybridized carbons (Fsp3) is 0.167. The van der Waals surface area contributed by atoms with Gasteiger partial charge in [-0.1, -0.05) is 231 Å². The van der Waals surface area contributed by atoms with Crippen LogP contribution >= 0.6 is 0 Å². The Bertz CT molecular complexity index is 4710. The Hall–Kier alpha value is -8.11. The van der Waals surface area contributed by atoms with E-state index in [4.69, 9.17) is 23.4 Å².